The highest BCUT2D eigenvalue weighted by Gasteiger charge is 2.21. The average Bonchev–Trinajstić information content (AvgIpc) is 2.58. The van der Waals surface area contributed by atoms with Gasteiger partial charge in [-0.15, -0.1) is 10.2 Å². The van der Waals surface area contributed by atoms with Crippen LogP contribution in [0.4, 0.5) is 11.5 Å². The third kappa shape index (κ3) is 3.78. The monoisotopic (exact) mass is 331 g/mol. The van der Waals surface area contributed by atoms with Gasteiger partial charge in [-0.2, -0.15) is 0 Å². The van der Waals surface area contributed by atoms with Crippen LogP contribution in [0.1, 0.15) is 10.5 Å². The van der Waals surface area contributed by atoms with Crippen LogP contribution < -0.4 is 5.32 Å². The summed E-state index contributed by atoms with van der Waals surface area (Å²) in [6.07, 6.45) is 0. The maximum absolute atomic E-state index is 12.4. The molecule has 6 nitrogen and oxygen atoms in total. The Bertz CT molecular complexity index is 683. The highest BCUT2D eigenvalue weighted by Crippen LogP contribution is 2.23. The standard InChI is InChI=1S/C16H18ClN5O/c1-21-8-10-22(11-9-21)16(23)14-6-7-15(20-19-14)18-13-5-3-2-4-12(13)17/h2-7H,8-11H2,1H3,(H,18,20). The summed E-state index contributed by atoms with van der Waals surface area (Å²) in [6, 6.07) is 10.8. The molecule has 1 aliphatic rings. The number of benzene rings is 1. The van der Waals surface area contributed by atoms with Crippen molar-refractivity contribution in [3.8, 4) is 0 Å². The maximum Gasteiger partial charge on any atom is 0.274 e. The Morgan fingerprint density at radius 1 is 1.09 bits per heavy atom. The number of hydrogen-bond acceptors (Lipinski definition) is 5. The summed E-state index contributed by atoms with van der Waals surface area (Å²) < 4.78 is 0. The molecule has 0 atom stereocenters. The van der Waals surface area contributed by atoms with E-state index in [4.69, 9.17) is 11.6 Å². The molecule has 0 spiro atoms. The molecule has 1 N–H and O–H groups in total. The lowest BCUT2D eigenvalue weighted by Crippen LogP contribution is -2.47. The maximum atomic E-state index is 12.4. The summed E-state index contributed by atoms with van der Waals surface area (Å²) >= 11 is 6.09. The zero-order chi connectivity index (χ0) is 16.2. The van der Waals surface area contributed by atoms with Crippen LogP contribution >= 0.6 is 11.6 Å². The van der Waals surface area contributed by atoms with Gasteiger partial charge in [-0.05, 0) is 31.3 Å². The van der Waals surface area contributed by atoms with Crippen LogP contribution in [-0.2, 0) is 0 Å². The van der Waals surface area contributed by atoms with Gasteiger partial charge in [0.05, 0.1) is 10.7 Å². The van der Waals surface area contributed by atoms with Gasteiger partial charge in [0.2, 0.25) is 0 Å². The van der Waals surface area contributed by atoms with Crippen molar-refractivity contribution in [2.45, 2.75) is 0 Å². The molecule has 2 heterocycles. The fourth-order valence-corrected chi connectivity index (χ4v) is 2.57. The van der Waals surface area contributed by atoms with E-state index in [2.05, 4.69) is 27.5 Å². The molecule has 0 bridgehead atoms. The number of carbonyl (C=O) groups excluding carboxylic acids is 1. The van der Waals surface area contributed by atoms with Crippen molar-refractivity contribution < 1.29 is 4.79 Å². The Hall–Kier alpha value is -2.18. The van der Waals surface area contributed by atoms with E-state index < -0.39 is 0 Å². The lowest BCUT2D eigenvalue weighted by Gasteiger charge is -2.32. The summed E-state index contributed by atoms with van der Waals surface area (Å²) in [5.74, 6) is 0.475. The molecule has 120 valence electrons. The number of para-hydroxylation sites is 1. The molecule has 3 rings (SSSR count). The van der Waals surface area contributed by atoms with Crippen molar-refractivity contribution in [2.75, 3.05) is 38.5 Å². The molecule has 0 radical (unpaired) electrons. The number of carbonyl (C=O) groups is 1. The molecular formula is C16H18ClN5O. The summed E-state index contributed by atoms with van der Waals surface area (Å²) in [7, 11) is 2.05. The van der Waals surface area contributed by atoms with Crippen LogP contribution in [-0.4, -0.2) is 59.1 Å². The second-order valence-electron chi connectivity index (χ2n) is 5.50. The number of nitrogens with one attached hydrogen (secondary N) is 1. The summed E-state index contributed by atoms with van der Waals surface area (Å²) in [5, 5.41) is 11.8. The molecular weight excluding hydrogens is 314 g/mol. The lowest BCUT2D eigenvalue weighted by molar-refractivity contribution is 0.0657. The third-order valence-corrected chi connectivity index (χ3v) is 4.14. The first-order valence-electron chi connectivity index (χ1n) is 7.46. The molecule has 7 heteroatoms. The van der Waals surface area contributed by atoms with Gasteiger partial charge in [0.15, 0.2) is 11.5 Å². The fraction of sp³-hybridized carbons (Fsp3) is 0.312. The zero-order valence-electron chi connectivity index (χ0n) is 12.9. The molecule has 0 saturated carbocycles. The van der Waals surface area contributed by atoms with E-state index >= 15 is 0 Å². The van der Waals surface area contributed by atoms with Crippen LogP contribution in [0.3, 0.4) is 0 Å². The van der Waals surface area contributed by atoms with Crippen molar-refractivity contribution >= 4 is 29.0 Å². The molecule has 1 fully saturated rings. The number of rotatable bonds is 3. The minimum Gasteiger partial charge on any atom is -0.338 e. The van der Waals surface area contributed by atoms with Crippen molar-refractivity contribution in [1.29, 1.82) is 0 Å². The van der Waals surface area contributed by atoms with E-state index in [-0.39, 0.29) is 5.91 Å². The fourth-order valence-electron chi connectivity index (χ4n) is 2.39. The van der Waals surface area contributed by atoms with Gasteiger partial charge in [0, 0.05) is 26.2 Å². The number of nitrogens with zero attached hydrogens (tertiary/aromatic N) is 4. The first kappa shape index (κ1) is 15.7. The highest BCUT2D eigenvalue weighted by atomic mass is 35.5. The number of aromatic nitrogens is 2. The normalized spacial score (nSPS) is 15.5. The topological polar surface area (TPSA) is 61.4 Å². The molecule has 1 aliphatic heterocycles. The SMILES string of the molecule is CN1CCN(C(=O)c2ccc(Nc3ccccc3Cl)nn2)CC1. The molecule has 23 heavy (non-hydrogen) atoms. The molecule has 2 aromatic rings. The summed E-state index contributed by atoms with van der Waals surface area (Å²) in [6.45, 7) is 3.20. The van der Waals surface area contributed by atoms with Gasteiger partial charge in [-0.25, -0.2) is 0 Å². The van der Waals surface area contributed by atoms with Crippen molar-refractivity contribution in [1.82, 2.24) is 20.0 Å². The smallest absolute Gasteiger partial charge is 0.274 e. The predicted molar refractivity (Wildman–Crippen MR) is 90.2 cm³/mol. The minimum atomic E-state index is -0.0742. The van der Waals surface area contributed by atoms with Gasteiger partial charge in [0.25, 0.3) is 5.91 Å². The second-order valence-corrected chi connectivity index (χ2v) is 5.91. The number of hydrogen-bond donors (Lipinski definition) is 1. The number of anilines is 2. The summed E-state index contributed by atoms with van der Waals surface area (Å²) in [4.78, 5) is 16.4. The Morgan fingerprint density at radius 3 is 2.48 bits per heavy atom. The van der Waals surface area contributed by atoms with Crippen molar-refractivity contribution in [2.24, 2.45) is 0 Å². The molecule has 1 aromatic heterocycles. The molecule has 1 aromatic carbocycles. The van der Waals surface area contributed by atoms with E-state index in [1.807, 2.05) is 23.1 Å². The average molecular weight is 332 g/mol. The predicted octanol–water partition coefficient (Wildman–Crippen LogP) is 2.26. The third-order valence-electron chi connectivity index (χ3n) is 3.81. The lowest BCUT2D eigenvalue weighted by atomic mass is 10.2. The first-order chi connectivity index (χ1) is 11.1. The Labute approximate surface area is 140 Å². The minimum absolute atomic E-state index is 0.0742. The van der Waals surface area contributed by atoms with E-state index in [9.17, 15) is 4.79 Å². The van der Waals surface area contributed by atoms with Crippen LogP contribution in [0.5, 0.6) is 0 Å². The van der Waals surface area contributed by atoms with Crippen LogP contribution in [0.25, 0.3) is 0 Å². The van der Waals surface area contributed by atoms with E-state index in [0.717, 1.165) is 31.9 Å². The van der Waals surface area contributed by atoms with E-state index in [1.165, 1.54) is 0 Å². The molecule has 0 unspecified atom stereocenters. The molecule has 1 saturated heterocycles. The first-order valence-corrected chi connectivity index (χ1v) is 7.84. The summed E-state index contributed by atoms with van der Waals surface area (Å²) in [5.41, 5.74) is 1.11. The van der Waals surface area contributed by atoms with Gasteiger partial charge >= 0.3 is 0 Å². The zero-order valence-corrected chi connectivity index (χ0v) is 13.6. The van der Waals surface area contributed by atoms with E-state index in [0.29, 0.717) is 16.5 Å². The van der Waals surface area contributed by atoms with E-state index in [1.54, 1.807) is 18.2 Å². The van der Waals surface area contributed by atoms with Gasteiger partial charge < -0.3 is 15.1 Å². The largest absolute Gasteiger partial charge is 0.338 e. The van der Waals surface area contributed by atoms with Crippen molar-refractivity contribution in [3.63, 3.8) is 0 Å². The Kier molecular flexibility index (Phi) is 4.73. The molecule has 0 aliphatic carbocycles. The molecule has 1 amide bonds. The number of piperazine rings is 1. The second kappa shape index (κ2) is 6.93. The number of likely N-dealkylation sites (N-methyl/N-ethyl adjacent to an activating group) is 1. The Morgan fingerprint density at radius 2 is 1.83 bits per heavy atom. The van der Waals surface area contributed by atoms with Gasteiger partial charge in [0.1, 0.15) is 0 Å². The Balaban J connectivity index is 1.67. The highest BCUT2D eigenvalue weighted by molar-refractivity contribution is 6.33. The van der Waals surface area contributed by atoms with Crippen LogP contribution in [0.15, 0.2) is 36.4 Å². The van der Waals surface area contributed by atoms with Crippen molar-refractivity contribution in [3.05, 3.63) is 47.1 Å². The number of halogens is 1. The van der Waals surface area contributed by atoms with Gasteiger partial charge in [-0.3, -0.25) is 4.79 Å². The quantitative estimate of drug-likeness (QED) is 0.934. The number of amides is 1. The van der Waals surface area contributed by atoms with Gasteiger partial charge in [-0.1, -0.05) is 23.7 Å². The van der Waals surface area contributed by atoms with Crippen LogP contribution in [0.2, 0.25) is 5.02 Å². The van der Waals surface area contributed by atoms with Crippen LogP contribution in [0, 0.1) is 0 Å².